The van der Waals surface area contributed by atoms with Gasteiger partial charge in [0.15, 0.2) is 0 Å². The Kier molecular flexibility index (Phi) is 4.01. The van der Waals surface area contributed by atoms with Crippen LogP contribution in [0.2, 0.25) is 0 Å². The fraction of sp³-hybridized carbons (Fsp3) is 0.308. The lowest BCUT2D eigenvalue weighted by Gasteiger charge is -2.08. The predicted octanol–water partition coefficient (Wildman–Crippen LogP) is 3.69. The van der Waals surface area contributed by atoms with Gasteiger partial charge in [0.2, 0.25) is 0 Å². The predicted molar refractivity (Wildman–Crippen MR) is 71.1 cm³/mol. The van der Waals surface area contributed by atoms with Crippen LogP contribution in [0, 0.1) is 12.7 Å². The van der Waals surface area contributed by atoms with Crippen molar-refractivity contribution in [2.24, 2.45) is 0 Å². The zero-order valence-electron chi connectivity index (χ0n) is 10.3. The monoisotopic (exact) mass is 312 g/mol. The summed E-state index contributed by atoms with van der Waals surface area (Å²) in [7, 11) is 0. The van der Waals surface area contributed by atoms with Gasteiger partial charge in [0, 0.05) is 6.54 Å². The summed E-state index contributed by atoms with van der Waals surface area (Å²) in [6.45, 7) is 5.16. The average molecular weight is 313 g/mol. The minimum Gasteiger partial charge on any atom is -0.487 e. The molecule has 0 amide bonds. The van der Waals surface area contributed by atoms with Crippen LogP contribution in [0.5, 0.6) is 5.75 Å². The lowest BCUT2D eigenvalue weighted by molar-refractivity contribution is 0.291. The molecule has 0 aliphatic carbocycles. The minimum absolute atomic E-state index is 0.266. The Morgan fingerprint density at radius 1 is 1.33 bits per heavy atom. The molecule has 2 aromatic rings. The van der Waals surface area contributed by atoms with Gasteiger partial charge >= 0.3 is 0 Å². The summed E-state index contributed by atoms with van der Waals surface area (Å²) in [5, 5.41) is 4.38. The molecule has 5 heteroatoms. The van der Waals surface area contributed by atoms with Crippen LogP contribution in [0.1, 0.15) is 18.3 Å². The molecule has 0 aliphatic heterocycles. The molecular formula is C13H14BrFN2O. The first kappa shape index (κ1) is 13.1. The van der Waals surface area contributed by atoms with Gasteiger partial charge in [-0.2, -0.15) is 5.10 Å². The van der Waals surface area contributed by atoms with Crippen molar-refractivity contribution in [1.29, 1.82) is 0 Å². The van der Waals surface area contributed by atoms with Crippen molar-refractivity contribution in [2.45, 2.75) is 27.0 Å². The molecule has 0 atom stereocenters. The Hall–Kier alpha value is -1.36. The molecule has 3 nitrogen and oxygen atoms in total. The Morgan fingerprint density at radius 2 is 2.00 bits per heavy atom. The van der Waals surface area contributed by atoms with Gasteiger partial charge in [-0.05, 0) is 54.0 Å². The van der Waals surface area contributed by atoms with E-state index in [0.29, 0.717) is 12.4 Å². The molecule has 18 heavy (non-hydrogen) atoms. The summed E-state index contributed by atoms with van der Waals surface area (Å²) in [4.78, 5) is 0. The third-order valence-corrected chi connectivity index (χ3v) is 3.67. The maximum atomic E-state index is 12.8. The fourth-order valence-corrected chi connectivity index (χ4v) is 2.09. The second-order valence-corrected chi connectivity index (χ2v) is 4.70. The highest BCUT2D eigenvalue weighted by Crippen LogP contribution is 2.23. The summed E-state index contributed by atoms with van der Waals surface area (Å²) >= 11 is 3.50. The van der Waals surface area contributed by atoms with Gasteiger partial charge in [-0.3, -0.25) is 4.68 Å². The fourth-order valence-electron chi connectivity index (χ4n) is 1.69. The number of benzene rings is 1. The highest BCUT2D eigenvalue weighted by molar-refractivity contribution is 9.10. The molecule has 1 aromatic carbocycles. The first-order valence-corrected chi connectivity index (χ1v) is 6.51. The summed E-state index contributed by atoms with van der Waals surface area (Å²) in [5.74, 6) is 0.378. The lowest BCUT2D eigenvalue weighted by atomic mass is 10.3. The standard InChI is InChI=1S/C13H14BrFN2O/c1-3-17-12(13(14)9(2)16-17)8-18-11-6-4-10(15)5-7-11/h4-7H,3,8H2,1-2H3. The smallest absolute Gasteiger partial charge is 0.131 e. The molecule has 0 saturated carbocycles. The molecule has 2 rings (SSSR count). The van der Waals surface area contributed by atoms with Crippen molar-refractivity contribution in [2.75, 3.05) is 0 Å². The van der Waals surface area contributed by atoms with Crippen LogP contribution in [0.25, 0.3) is 0 Å². The van der Waals surface area contributed by atoms with Crippen LogP contribution in [0.4, 0.5) is 4.39 Å². The summed E-state index contributed by atoms with van der Waals surface area (Å²) < 4.78 is 21.2. The van der Waals surface area contributed by atoms with Gasteiger partial charge in [0.05, 0.1) is 15.9 Å². The van der Waals surface area contributed by atoms with E-state index in [-0.39, 0.29) is 5.82 Å². The largest absolute Gasteiger partial charge is 0.487 e. The van der Waals surface area contributed by atoms with E-state index in [1.807, 2.05) is 18.5 Å². The molecule has 0 fully saturated rings. The van der Waals surface area contributed by atoms with Crippen LogP contribution in [-0.2, 0) is 13.2 Å². The van der Waals surface area contributed by atoms with E-state index < -0.39 is 0 Å². The Bertz CT molecular complexity index is 537. The van der Waals surface area contributed by atoms with E-state index in [4.69, 9.17) is 4.74 Å². The highest BCUT2D eigenvalue weighted by atomic mass is 79.9. The van der Waals surface area contributed by atoms with Gasteiger partial charge in [0.25, 0.3) is 0 Å². The molecule has 0 spiro atoms. The Balaban J connectivity index is 2.12. The van der Waals surface area contributed by atoms with Crippen molar-refractivity contribution >= 4 is 15.9 Å². The molecule has 0 radical (unpaired) electrons. The first-order valence-electron chi connectivity index (χ1n) is 5.72. The second-order valence-electron chi connectivity index (χ2n) is 3.90. The van der Waals surface area contributed by atoms with Crippen LogP contribution >= 0.6 is 15.9 Å². The SMILES string of the molecule is CCn1nc(C)c(Br)c1COc1ccc(F)cc1. The number of halogens is 2. The van der Waals surface area contributed by atoms with Crippen molar-refractivity contribution in [3.63, 3.8) is 0 Å². The topological polar surface area (TPSA) is 27.1 Å². The second kappa shape index (κ2) is 5.52. The normalized spacial score (nSPS) is 10.7. The summed E-state index contributed by atoms with van der Waals surface area (Å²) in [6, 6.07) is 5.99. The first-order chi connectivity index (χ1) is 8.61. The highest BCUT2D eigenvalue weighted by Gasteiger charge is 2.12. The van der Waals surface area contributed by atoms with E-state index >= 15 is 0 Å². The zero-order valence-corrected chi connectivity index (χ0v) is 11.9. The number of hydrogen-bond acceptors (Lipinski definition) is 2. The maximum Gasteiger partial charge on any atom is 0.131 e. The Morgan fingerprint density at radius 3 is 2.61 bits per heavy atom. The van der Waals surface area contributed by atoms with E-state index in [0.717, 1.165) is 22.4 Å². The molecule has 0 N–H and O–H groups in total. The van der Waals surface area contributed by atoms with E-state index in [1.54, 1.807) is 12.1 Å². The molecule has 0 unspecified atom stereocenters. The molecular weight excluding hydrogens is 299 g/mol. The van der Waals surface area contributed by atoms with Crippen molar-refractivity contribution in [3.05, 3.63) is 45.9 Å². The number of aromatic nitrogens is 2. The van der Waals surface area contributed by atoms with Crippen molar-refractivity contribution in [1.82, 2.24) is 9.78 Å². The molecule has 0 bridgehead atoms. The number of nitrogens with zero attached hydrogens (tertiary/aromatic N) is 2. The lowest BCUT2D eigenvalue weighted by Crippen LogP contribution is -2.06. The molecule has 96 valence electrons. The molecule has 1 heterocycles. The summed E-state index contributed by atoms with van der Waals surface area (Å²) in [6.07, 6.45) is 0. The van der Waals surface area contributed by atoms with Gasteiger partial charge in [-0.1, -0.05) is 0 Å². The number of aryl methyl sites for hydroxylation is 2. The van der Waals surface area contributed by atoms with E-state index in [9.17, 15) is 4.39 Å². The van der Waals surface area contributed by atoms with Crippen molar-refractivity contribution in [3.8, 4) is 5.75 Å². The van der Waals surface area contributed by atoms with Gasteiger partial charge in [0.1, 0.15) is 18.2 Å². The molecule has 0 saturated heterocycles. The van der Waals surface area contributed by atoms with Gasteiger partial charge in [-0.15, -0.1) is 0 Å². The van der Waals surface area contributed by atoms with Crippen LogP contribution in [-0.4, -0.2) is 9.78 Å². The molecule has 1 aromatic heterocycles. The van der Waals surface area contributed by atoms with E-state index in [2.05, 4.69) is 21.0 Å². The van der Waals surface area contributed by atoms with E-state index in [1.165, 1.54) is 12.1 Å². The molecule has 0 aliphatic rings. The van der Waals surface area contributed by atoms with Crippen LogP contribution in [0.15, 0.2) is 28.7 Å². The quantitative estimate of drug-likeness (QED) is 0.861. The third kappa shape index (κ3) is 2.72. The van der Waals surface area contributed by atoms with Gasteiger partial charge < -0.3 is 4.74 Å². The van der Waals surface area contributed by atoms with Crippen LogP contribution < -0.4 is 4.74 Å². The third-order valence-electron chi connectivity index (χ3n) is 2.64. The number of hydrogen-bond donors (Lipinski definition) is 0. The summed E-state index contributed by atoms with van der Waals surface area (Å²) in [5.41, 5.74) is 1.92. The zero-order chi connectivity index (χ0) is 13.1. The van der Waals surface area contributed by atoms with Gasteiger partial charge in [-0.25, -0.2) is 4.39 Å². The van der Waals surface area contributed by atoms with Crippen LogP contribution in [0.3, 0.4) is 0 Å². The minimum atomic E-state index is -0.266. The van der Waals surface area contributed by atoms with Crippen molar-refractivity contribution < 1.29 is 9.13 Å². The Labute approximate surface area is 114 Å². The maximum absolute atomic E-state index is 12.8. The number of rotatable bonds is 4. The number of ether oxygens (including phenoxy) is 1. The average Bonchev–Trinajstić information content (AvgIpc) is 2.65.